The highest BCUT2D eigenvalue weighted by molar-refractivity contribution is 6.31. The Morgan fingerprint density at radius 3 is 2.30 bits per heavy atom. The standard InChI is InChI=1S/C23H34ClNO2/c1-15(2)27-20-7-18(24)17(6-19(20)26-5)11-25-23-10-16-8-21(3,13-23)12-22(4,9-16)14-23/h6-7,15-16,25H,8-14H2,1-5H3. The lowest BCUT2D eigenvalue weighted by Crippen LogP contribution is -2.63. The van der Waals surface area contributed by atoms with Gasteiger partial charge < -0.3 is 14.8 Å². The molecule has 27 heavy (non-hydrogen) atoms. The molecule has 4 heteroatoms. The molecule has 0 aromatic heterocycles. The average molecular weight is 392 g/mol. The molecular formula is C23H34ClNO2. The Morgan fingerprint density at radius 1 is 1.07 bits per heavy atom. The molecule has 0 saturated heterocycles. The Hall–Kier alpha value is -0.930. The monoisotopic (exact) mass is 391 g/mol. The predicted octanol–water partition coefficient (Wildman–Crippen LogP) is 5.97. The van der Waals surface area contributed by atoms with Crippen molar-refractivity contribution >= 4 is 11.6 Å². The molecule has 0 radical (unpaired) electrons. The summed E-state index contributed by atoms with van der Waals surface area (Å²) in [5.74, 6) is 2.36. The van der Waals surface area contributed by atoms with Crippen LogP contribution in [0, 0.1) is 16.7 Å². The smallest absolute Gasteiger partial charge is 0.163 e. The number of rotatable bonds is 6. The highest BCUT2D eigenvalue weighted by Crippen LogP contribution is 2.66. The molecule has 5 rings (SSSR count). The van der Waals surface area contributed by atoms with Gasteiger partial charge in [-0.3, -0.25) is 0 Å². The highest BCUT2D eigenvalue weighted by Gasteiger charge is 2.59. The summed E-state index contributed by atoms with van der Waals surface area (Å²) in [5.41, 5.74) is 2.39. The van der Waals surface area contributed by atoms with Crippen molar-refractivity contribution in [3.63, 3.8) is 0 Å². The largest absolute Gasteiger partial charge is 0.493 e. The lowest BCUT2D eigenvalue weighted by atomic mass is 9.43. The van der Waals surface area contributed by atoms with Gasteiger partial charge in [0.25, 0.3) is 0 Å². The van der Waals surface area contributed by atoms with Gasteiger partial charge in [0.15, 0.2) is 11.5 Å². The van der Waals surface area contributed by atoms with E-state index in [1.807, 2.05) is 26.0 Å². The minimum absolute atomic E-state index is 0.0902. The van der Waals surface area contributed by atoms with Crippen molar-refractivity contribution in [2.45, 2.75) is 84.4 Å². The van der Waals surface area contributed by atoms with Crippen molar-refractivity contribution in [1.82, 2.24) is 5.32 Å². The van der Waals surface area contributed by atoms with E-state index in [0.29, 0.717) is 10.8 Å². The summed E-state index contributed by atoms with van der Waals surface area (Å²) in [4.78, 5) is 0. The van der Waals surface area contributed by atoms with Crippen molar-refractivity contribution in [2.75, 3.05) is 7.11 Å². The Balaban J connectivity index is 1.54. The molecule has 1 N–H and O–H groups in total. The Kier molecular flexibility index (Phi) is 4.71. The summed E-state index contributed by atoms with van der Waals surface area (Å²) in [6.45, 7) is 9.84. The van der Waals surface area contributed by atoms with E-state index in [1.54, 1.807) is 7.11 Å². The summed E-state index contributed by atoms with van der Waals surface area (Å²) in [6, 6.07) is 3.94. The molecule has 3 nitrogen and oxygen atoms in total. The summed E-state index contributed by atoms with van der Waals surface area (Å²) >= 11 is 6.61. The molecule has 0 heterocycles. The van der Waals surface area contributed by atoms with Crippen LogP contribution in [0.25, 0.3) is 0 Å². The summed E-state index contributed by atoms with van der Waals surface area (Å²) in [6.07, 6.45) is 8.25. The maximum Gasteiger partial charge on any atom is 0.163 e. The highest BCUT2D eigenvalue weighted by atomic mass is 35.5. The molecule has 2 atom stereocenters. The van der Waals surface area contributed by atoms with E-state index in [-0.39, 0.29) is 11.6 Å². The molecule has 0 spiro atoms. The van der Waals surface area contributed by atoms with Crippen molar-refractivity contribution in [3.05, 3.63) is 22.7 Å². The van der Waals surface area contributed by atoms with E-state index in [2.05, 4.69) is 19.2 Å². The topological polar surface area (TPSA) is 30.5 Å². The fraction of sp³-hybridized carbons (Fsp3) is 0.739. The van der Waals surface area contributed by atoms with Gasteiger partial charge in [0.05, 0.1) is 13.2 Å². The molecule has 4 fully saturated rings. The zero-order chi connectivity index (χ0) is 19.4. The van der Waals surface area contributed by atoms with Crippen molar-refractivity contribution < 1.29 is 9.47 Å². The Morgan fingerprint density at radius 2 is 1.74 bits per heavy atom. The van der Waals surface area contributed by atoms with Gasteiger partial charge in [-0.15, -0.1) is 0 Å². The molecule has 0 amide bonds. The average Bonchev–Trinajstić information content (AvgIpc) is 2.50. The third-order valence-corrected chi connectivity index (χ3v) is 7.33. The molecular weight excluding hydrogens is 358 g/mol. The molecule has 2 unspecified atom stereocenters. The fourth-order valence-corrected chi connectivity index (χ4v) is 7.37. The van der Waals surface area contributed by atoms with E-state index < -0.39 is 0 Å². The normalized spacial score (nSPS) is 37.1. The maximum absolute atomic E-state index is 6.61. The number of hydrogen-bond donors (Lipinski definition) is 1. The second-order valence-electron chi connectivity index (χ2n) is 10.5. The van der Waals surface area contributed by atoms with E-state index in [0.717, 1.165) is 34.5 Å². The van der Waals surface area contributed by atoms with Gasteiger partial charge >= 0.3 is 0 Å². The van der Waals surface area contributed by atoms with E-state index in [4.69, 9.17) is 21.1 Å². The number of methoxy groups -OCH3 is 1. The molecule has 1 aromatic carbocycles. The minimum atomic E-state index is 0.0902. The first-order valence-electron chi connectivity index (χ1n) is 10.4. The quantitative estimate of drug-likeness (QED) is 0.647. The zero-order valence-corrected chi connectivity index (χ0v) is 18.2. The van der Waals surface area contributed by atoms with Crippen LogP contribution in [0.1, 0.15) is 71.8 Å². The maximum atomic E-state index is 6.61. The second kappa shape index (κ2) is 6.56. The number of benzene rings is 1. The van der Waals surface area contributed by atoms with Crippen LogP contribution >= 0.6 is 11.6 Å². The number of hydrogen-bond acceptors (Lipinski definition) is 3. The first-order chi connectivity index (χ1) is 12.6. The van der Waals surface area contributed by atoms with E-state index in [9.17, 15) is 0 Å². The first kappa shape index (κ1) is 19.4. The van der Waals surface area contributed by atoms with Gasteiger partial charge in [-0.25, -0.2) is 0 Å². The van der Waals surface area contributed by atoms with Gasteiger partial charge in [0.1, 0.15) is 0 Å². The minimum Gasteiger partial charge on any atom is -0.493 e. The Bertz CT molecular complexity index is 713. The Labute approximate surface area is 169 Å². The van der Waals surface area contributed by atoms with Crippen molar-refractivity contribution in [1.29, 1.82) is 0 Å². The van der Waals surface area contributed by atoms with Crippen LogP contribution in [-0.2, 0) is 6.54 Å². The molecule has 4 saturated carbocycles. The van der Waals surface area contributed by atoms with E-state index >= 15 is 0 Å². The van der Waals surface area contributed by atoms with Crippen molar-refractivity contribution in [3.8, 4) is 11.5 Å². The van der Waals surface area contributed by atoms with Crippen LogP contribution in [0.3, 0.4) is 0 Å². The number of halogens is 1. The molecule has 1 aromatic rings. The van der Waals surface area contributed by atoms with Gasteiger partial charge in [0, 0.05) is 23.2 Å². The predicted molar refractivity (Wildman–Crippen MR) is 111 cm³/mol. The van der Waals surface area contributed by atoms with Gasteiger partial charge in [-0.1, -0.05) is 25.4 Å². The summed E-state index contributed by atoms with van der Waals surface area (Å²) in [5, 5.41) is 4.72. The SMILES string of the molecule is COc1cc(CNC23CC4CC(C)(CC(C)(C4)C2)C3)c(Cl)cc1OC(C)C. The molecule has 0 aliphatic heterocycles. The third kappa shape index (κ3) is 3.70. The lowest BCUT2D eigenvalue weighted by molar-refractivity contribution is -0.118. The molecule has 4 aliphatic rings. The summed E-state index contributed by atoms with van der Waals surface area (Å²) < 4.78 is 11.4. The van der Waals surface area contributed by atoms with Gasteiger partial charge in [-0.05, 0) is 80.8 Å². The number of nitrogens with one attached hydrogen (secondary N) is 1. The van der Waals surface area contributed by atoms with Crippen LogP contribution in [0.4, 0.5) is 0 Å². The van der Waals surface area contributed by atoms with Gasteiger partial charge in [0.2, 0.25) is 0 Å². The molecule has 150 valence electrons. The summed E-state index contributed by atoms with van der Waals surface area (Å²) in [7, 11) is 1.69. The van der Waals surface area contributed by atoms with E-state index in [1.165, 1.54) is 38.5 Å². The first-order valence-corrected chi connectivity index (χ1v) is 10.8. The van der Waals surface area contributed by atoms with Crippen LogP contribution in [-0.4, -0.2) is 18.8 Å². The van der Waals surface area contributed by atoms with Crippen LogP contribution in [0.15, 0.2) is 12.1 Å². The molecule has 4 bridgehead atoms. The third-order valence-electron chi connectivity index (χ3n) is 6.98. The molecule has 4 aliphatic carbocycles. The van der Waals surface area contributed by atoms with Gasteiger partial charge in [-0.2, -0.15) is 0 Å². The zero-order valence-electron chi connectivity index (χ0n) is 17.5. The second-order valence-corrected chi connectivity index (χ2v) is 10.9. The van der Waals surface area contributed by atoms with Crippen LogP contribution < -0.4 is 14.8 Å². The lowest BCUT2D eigenvalue weighted by Gasteiger charge is -2.65. The van der Waals surface area contributed by atoms with Crippen LogP contribution in [0.2, 0.25) is 5.02 Å². The van der Waals surface area contributed by atoms with Crippen molar-refractivity contribution in [2.24, 2.45) is 16.7 Å². The fourth-order valence-electron chi connectivity index (χ4n) is 7.15. The number of ether oxygens (including phenoxy) is 2. The van der Waals surface area contributed by atoms with Crippen LogP contribution in [0.5, 0.6) is 11.5 Å².